The second-order valence-corrected chi connectivity index (χ2v) is 1.54. The third kappa shape index (κ3) is 698. The van der Waals surface area contributed by atoms with Crippen LogP contribution in [0.3, 0.4) is 0 Å². The molecule has 0 heterocycles. The van der Waals surface area contributed by atoms with Crippen LogP contribution in [0.5, 0.6) is 0 Å². The summed E-state index contributed by atoms with van der Waals surface area (Å²) in [5.41, 5.74) is 0. The van der Waals surface area contributed by atoms with Crippen molar-refractivity contribution in [2.75, 3.05) is 13.6 Å². The Morgan fingerprint density at radius 2 is 1.31 bits per heavy atom. The summed E-state index contributed by atoms with van der Waals surface area (Å²) in [4.78, 5) is 9.44. The third-order valence-corrected chi connectivity index (χ3v) is 0.316. The minimum Gasteiger partial charge on any atom is -0.665 e. The molecule has 81 valence electrons. The molecule has 0 amide bonds. The minimum atomic E-state index is 0. The molecule has 0 spiro atoms. The molecule has 0 aliphatic carbocycles. The Kier molecular flexibility index (Phi) is 160. The normalized spacial score (nSPS) is 4.77. The summed E-state index contributed by atoms with van der Waals surface area (Å²) in [7, 11) is 1.81. The van der Waals surface area contributed by atoms with E-state index in [0.717, 1.165) is 6.54 Å². The molecule has 0 aliphatic rings. The summed E-state index contributed by atoms with van der Waals surface area (Å²) < 4.78 is 0. The van der Waals surface area contributed by atoms with Gasteiger partial charge in [-0.15, -0.1) is 0 Å². The zero-order valence-corrected chi connectivity index (χ0v) is 12.0. The van der Waals surface area contributed by atoms with Crippen LogP contribution in [-0.2, 0) is 25.9 Å². The summed E-state index contributed by atoms with van der Waals surface area (Å²) >= 11 is 0. The Morgan fingerprint density at radius 1 is 1.23 bits per heavy atom. The van der Waals surface area contributed by atoms with Crippen LogP contribution in [0.4, 0.5) is 0 Å². The summed E-state index contributed by atoms with van der Waals surface area (Å²) in [6.45, 7) is 10.0. The van der Waals surface area contributed by atoms with Crippen LogP contribution < -0.4 is 0 Å². The van der Waals surface area contributed by atoms with E-state index >= 15 is 0 Å². The first kappa shape index (κ1) is 37.6. The number of hydrogen-bond donors (Lipinski definition) is 0. The zero-order chi connectivity index (χ0) is 8.99. The molecule has 0 N–H and O–H groups in total. The molecule has 0 rings (SSSR count). The predicted octanol–water partition coefficient (Wildman–Crippen LogP) is 2.88. The zero-order valence-electron chi connectivity index (χ0n) is 9.05. The molecular formula is C9H24BNOW-. The summed E-state index contributed by atoms with van der Waals surface area (Å²) in [6, 6.07) is 0. The monoisotopic (exact) mass is 357 g/mol. The second-order valence-electron chi connectivity index (χ2n) is 1.54. The van der Waals surface area contributed by atoms with Crippen LogP contribution >= 0.6 is 0 Å². The summed E-state index contributed by atoms with van der Waals surface area (Å²) in [5.74, 6) is 0.167. The average Bonchev–Trinajstić information content (AvgIpc) is 1.91. The van der Waals surface area contributed by atoms with Crippen LogP contribution in [0.1, 0.15) is 42.0 Å². The van der Waals surface area contributed by atoms with Crippen LogP contribution in [0.2, 0.25) is 0 Å². The number of carbonyl (C=O) groups is 1. The van der Waals surface area contributed by atoms with Crippen molar-refractivity contribution in [1.29, 1.82) is 0 Å². The second kappa shape index (κ2) is 55.4. The SMILES string of the molecule is C.CC.CC(C)=O.CC[N-]C.[B].[W]. The Bertz CT molecular complexity index is 57.6. The maximum absolute atomic E-state index is 9.44. The maximum Gasteiger partial charge on any atom is 0.126 e. The molecule has 0 saturated heterocycles. The van der Waals surface area contributed by atoms with Gasteiger partial charge >= 0.3 is 0 Å². The molecule has 0 aliphatic heterocycles. The Balaban J connectivity index is -0.0000000133. The third-order valence-electron chi connectivity index (χ3n) is 0.316. The Morgan fingerprint density at radius 3 is 1.31 bits per heavy atom. The summed E-state index contributed by atoms with van der Waals surface area (Å²) in [6.07, 6.45) is 0. The van der Waals surface area contributed by atoms with Gasteiger partial charge in [-0.2, -0.15) is 13.6 Å². The van der Waals surface area contributed by atoms with Gasteiger partial charge in [0.1, 0.15) is 5.78 Å². The van der Waals surface area contributed by atoms with Gasteiger partial charge in [-0.1, -0.05) is 28.2 Å². The first-order chi connectivity index (χ1) is 4.65. The van der Waals surface area contributed by atoms with Crippen molar-refractivity contribution in [2.45, 2.75) is 42.0 Å². The first-order valence-electron chi connectivity index (χ1n) is 3.67. The largest absolute Gasteiger partial charge is 0.665 e. The van der Waals surface area contributed by atoms with Crippen LogP contribution in [0, 0.1) is 0 Å². The molecule has 0 aromatic carbocycles. The number of nitrogens with zero attached hydrogens (tertiary/aromatic N) is 1. The van der Waals surface area contributed by atoms with E-state index in [2.05, 4.69) is 5.32 Å². The molecule has 2 nitrogen and oxygen atoms in total. The fraction of sp³-hybridized carbons (Fsp3) is 0.889. The minimum absolute atomic E-state index is 0. The number of ketones is 1. The molecule has 4 heteroatoms. The Labute approximate surface area is 101 Å². The van der Waals surface area contributed by atoms with Crippen molar-refractivity contribution in [1.82, 2.24) is 0 Å². The van der Waals surface area contributed by atoms with Crippen molar-refractivity contribution in [3.8, 4) is 0 Å². The van der Waals surface area contributed by atoms with Gasteiger partial charge in [-0.05, 0) is 13.8 Å². The van der Waals surface area contributed by atoms with E-state index < -0.39 is 0 Å². The van der Waals surface area contributed by atoms with Gasteiger partial charge in [0.25, 0.3) is 0 Å². The molecule has 0 aromatic heterocycles. The topological polar surface area (TPSA) is 31.2 Å². The molecule has 3 radical (unpaired) electrons. The van der Waals surface area contributed by atoms with E-state index in [1.807, 2.05) is 20.8 Å². The van der Waals surface area contributed by atoms with Crippen molar-refractivity contribution in [2.24, 2.45) is 0 Å². The van der Waals surface area contributed by atoms with Crippen LogP contribution in [-0.4, -0.2) is 27.8 Å². The molecule has 0 fully saturated rings. The Hall–Kier alpha value is 0.383. The van der Waals surface area contributed by atoms with E-state index in [0.29, 0.717) is 0 Å². The quantitative estimate of drug-likeness (QED) is 0.665. The van der Waals surface area contributed by atoms with E-state index in [1.54, 1.807) is 7.05 Å². The van der Waals surface area contributed by atoms with Crippen LogP contribution in [0.15, 0.2) is 0 Å². The number of hydrogen-bond acceptors (Lipinski definition) is 1. The molecule has 13 heavy (non-hydrogen) atoms. The average molecular weight is 357 g/mol. The molecular weight excluding hydrogens is 333 g/mol. The van der Waals surface area contributed by atoms with Gasteiger partial charge in [0.05, 0.1) is 0 Å². The number of rotatable bonds is 1. The molecule has 0 unspecified atom stereocenters. The van der Waals surface area contributed by atoms with Gasteiger partial charge in [-0.3, -0.25) is 0 Å². The smallest absolute Gasteiger partial charge is 0.126 e. The van der Waals surface area contributed by atoms with E-state index in [9.17, 15) is 4.79 Å². The summed E-state index contributed by atoms with van der Waals surface area (Å²) in [5, 5.41) is 3.74. The fourth-order valence-corrected chi connectivity index (χ4v) is 0. The van der Waals surface area contributed by atoms with Gasteiger partial charge in [0.15, 0.2) is 0 Å². The number of carbonyl (C=O) groups excluding carboxylic acids is 1. The van der Waals surface area contributed by atoms with Gasteiger partial charge in [0, 0.05) is 29.5 Å². The standard InChI is InChI=1S/C3H8N.C3H6O.C2H6.CH4.B.W/c1-3-4-2;1-3(2)4;1-2;;;/h3H2,1-2H3;1-2H3;1-2H3;1H4;;/q-1;;;;;. The van der Waals surface area contributed by atoms with Gasteiger partial charge in [0.2, 0.25) is 0 Å². The van der Waals surface area contributed by atoms with Crippen molar-refractivity contribution < 1.29 is 25.9 Å². The van der Waals surface area contributed by atoms with Crippen molar-refractivity contribution >= 4 is 14.2 Å². The molecule has 0 saturated carbocycles. The first-order valence-corrected chi connectivity index (χ1v) is 3.67. The fourth-order valence-electron chi connectivity index (χ4n) is 0. The maximum atomic E-state index is 9.44. The number of Topliss-reactive ketones (excluding diaryl/α,β-unsaturated/α-hetero) is 1. The molecule has 0 aromatic rings. The van der Waals surface area contributed by atoms with Crippen LogP contribution in [0.25, 0.3) is 5.32 Å². The van der Waals surface area contributed by atoms with E-state index in [4.69, 9.17) is 0 Å². The molecule has 0 bridgehead atoms. The molecule has 0 atom stereocenters. The predicted molar refractivity (Wildman–Crippen MR) is 60.0 cm³/mol. The van der Waals surface area contributed by atoms with Gasteiger partial charge < -0.3 is 10.1 Å². The van der Waals surface area contributed by atoms with E-state index in [1.165, 1.54) is 13.8 Å². The van der Waals surface area contributed by atoms with Crippen molar-refractivity contribution in [3.63, 3.8) is 0 Å². The van der Waals surface area contributed by atoms with Crippen molar-refractivity contribution in [3.05, 3.63) is 5.32 Å². The van der Waals surface area contributed by atoms with Gasteiger partial charge in [-0.25, -0.2) is 0 Å². The van der Waals surface area contributed by atoms with E-state index in [-0.39, 0.29) is 42.7 Å².